The standard InChI is InChI=1S/C21H25N3O5/c1-24(13-21(26)23-15-7-9-16(27-2)10-8-15)12-20(25)22-11-17-14-28-18-5-3-4-6-19(18)29-17/h3-10,17H,11-14H2,1-2H3,(H,22,25)(H,23,26)/t17-/m0/s1. The summed E-state index contributed by atoms with van der Waals surface area (Å²) in [5, 5.41) is 5.60. The highest BCUT2D eigenvalue weighted by atomic mass is 16.6. The highest BCUT2D eigenvalue weighted by Gasteiger charge is 2.21. The van der Waals surface area contributed by atoms with E-state index in [0.717, 1.165) is 0 Å². The smallest absolute Gasteiger partial charge is 0.238 e. The number of para-hydroxylation sites is 2. The molecule has 154 valence electrons. The third-order valence-corrected chi connectivity index (χ3v) is 4.30. The topological polar surface area (TPSA) is 89.1 Å². The maximum Gasteiger partial charge on any atom is 0.238 e. The maximum absolute atomic E-state index is 12.2. The van der Waals surface area contributed by atoms with Crippen molar-refractivity contribution in [3.8, 4) is 17.2 Å². The average Bonchev–Trinajstić information content (AvgIpc) is 2.72. The molecule has 0 saturated carbocycles. The molecule has 8 nitrogen and oxygen atoms in total. The van der Waals surface area contributed by atoms with Crippen LogP contribution < -0.4 is 24.8 Å². The van der Waals surface area contributed by atoms with Crippen LogP contribution in [0.15, 0.2) is 48.5 Å². The fourth-order valence-electron chi connectivity index (χ4n) is 2.87. The molecule has 1 heterocycles. The zero-order chi connectivity index (χ0) is 20.6. The summed E-state index contributed by atoms with van der Waals surface area (Å²) in [7, 11) is 3.30. The van der Waals surface area contributed by atoms with E-state index in [-0.39, 0.29) is 31.0 Å². The number of hydrogen-bond donors (Lipinski definition) is 2. The van der Waals surface area contributed by atoms with E-state index < -0.39 is 0 Å². The highest BCUT2D eigenvalue weighted by Crippen LogP contribution is 2.30. The second-order valence-electron chi connectivity index (χ2n) is 6.75. The van der Waals surface area contributed by atoms with Gasteiger partial charge in [0.05, 0.1) is 26.7 Å². The van der Waals surface area contributed by atoms with Crippen LogP contribution in [0, 0.1) is 0 Å². The van der Waals surface area contributed by atoms with Crippen LogP contribution in [0.25, 0.3) is 0 Å². The Labute approximate surface area is 169 Å². The molecule has 1 aliphatic heterocycles. The summed E-state index contributed by atoms with van der Waals surface area (Å²) in [5.41, 5.74) is 0.670. The van der Waals surface area contributed by atoms with Crippen LogP contribution in [-0.4, -0.2) is 63.2 Å². The number of fused-ring (bicyclic) bond motifs is 1. The largest absolute Gasteiger partial charge is 0.497 e. The van der Waals surface area contributed by atoms with Gasteiger partial charge in [-0.1, -0.05) is 12.1 Å². The molecule has 1 aliphatic rings. The van der Waals surface area contributed by atoms with E-state index in [4.69, 9.17) is 14.2 Å². The van der Waals surface area contributed by atoms with E-state index >= 15 is 0 Å². The lowest BCUT2D eigenvalue weighted by Gasteiger charge is -2.26. The zero-order valence-corrected chi connectivity index (χ0v) is 16.5. The SMILES string of the molecule is COc1ccc(NC(=O)CN(C)CC(=O)NC[C@H]2COc3ccccc3O2)cc1. The van der Waals surface area contributed by atoms with Gasteiger partial charge >= 0.3 is 0 Å². The van der Waals surface area contributed by atoms with Crippen LogP contribution in [0.1, 0.15) is 0 Å². The first kappa shape index (κ1) is 20.5. The summed E-state index contributed by atoms with van der Waals surface area (Å²) in [5.74, 6) is 1.70. The van der Waals surface area contributed by atoms with Crippen molar-refractivity contribution in [2.45, 2.75) is 6.10 Å². The highest BCUT2D eigenvalue weighted by molar-refractivity contribution is 5.92. The Morgan fingerprint density at radius 3 is 2.48 bits per heavy atom. The van der Waals surface area contributed by atoms with Gasteiger partial charge in [0.1, 0.15) is 18.5 Å². The number of ether oxygens (including phenoxy) is 3. The summed E-state index contributed by atoms with van der Waals surface area (Å²) in [6.07, 6.45) is -0.252. The van der Waals surface area contributed by atoms with E-state index in [1.807, 2.05) is 24.3 Å². The third-order valence-electron chi connectivity index (χ3n) is 4.30. The first-order chi connectivity index (χ1) is 14.0. The molecule has 1 atom stereocenters. The summed E-state index contributed by atoms with van der Waals surface area (Å²) >= 11 is 0. The van der Waals surface area contributed by atoms with E-state index in [1.165, 1.54) is 0 Å². The molecule has 0 radical (unpaired) electrons. The number of carbonyl (C=O) groups is 2. The van der Waals surface area contributed by atoms with Crippen molar-refractivity contribution in [1.29, 1.82) is 0 Å². The molecule has 2 aromatic carbocycles. The van der Waals surface area contributed by atoms with Crippen molar-refractivity contribution in [3.05, 3.63) is 48.5 Å². The number of amides is 2. The lowest BCUT2D eigenvalue weighted by Crippen LogP contribution is -2.44. The van der Waals surface area contributed by atoms with Gasteiger partial charge in [-0.25, -0.2) is 0 Å². The Morgan fingerprint density at radius 2 is 1.76 bits per heavy atom. The van der Waals surface area contributed by atoms with Gasteiger partial charge in [-0.15, -0.1) is 0 Å². The average molecular weight is 399 g/mol. The third kappa shape index (κ3) is 6.11. The van der Waals surface area contributed by atoms with Crippen LogP contribution >= 0.6 is 0 Å². The first-order valence-corrected chi connectivity index (χ1v) is 9.31. The number of methoxy groups -OCH3 is 1. The van der Waals surface area contributed by atoms with Crippen LogP contribution in [0.5, 0.6) is 17.2 Å². The molecule has 2 aromatic rings. The molecule has 29 heavy (non-hydrogen) atoms. The summed E-state index contributed by atoms with van der Waals surface area (Å²) < 4.78 is 16.5. The Hall–Kier alpha value is -3.26. The van der Waals surface area contributed by atoms with Gasteiger partial charge in [0, 0.05) is 5.69 Å². The van der Waals surface area contributed by atoms with E-state index in [1.54, 1.807) is 43.3 Å². The molecular weight excluding hydrogens is 374 g/mol. The van der Waals surface area contributed by atoms with Crippen LogP contribution in [0.3, 0.4) is 0 Å². The number of anilines is 1. The second-order valence-corrected chi connectivity index (χ2v) is 6.75. The Morgan fingerprint density at radius 1 is 1.07 bits per heavy atom. The molecule has 0 aliphatic carbocycles. The molecule has 0 bridgehead atoms. The first-order valence-electron chi connectivity index (χ1n) is 9.31. The predicted molar refractivity (Wildman–Crippen MR) is 108 cm³/mol. The number of hydrogen-bond acceptors (Lipinski definition) is 6. The lowest BCUT2D eigenvalue weighted by molar-refractivity contribution is -0.123. The van der Waals surface area contributed by atoms with Crippen LogP contribution in [0.2, 0.25) is 0 Å². The minimum absolute atomic E-state index is 0.0931. The predicted octanol–water partition coefficient (Wildman–Crippen LogP) is 1.52. The molecule has 8 heteroatoms. The number of nitrogens with one attached hydrogen (secondary N) is 2. The monoisotopic (exact) mass is 399 g/mol. The Balaban J connectivity index is 1.37. The zero-order valence-electron chi connectivity index (χ0n) is 16.5. The van der Waals surface area contributed by atoms with Crippen molar-refractivity contribution in [3.63, 3.8) is 0 Å². The van der Waals surface area contributed by atoms with Crippen molar-refractivity contribution in [1.82, 2.24) is 10.2 Å². The minimum Gasteiger partial charge on any atom is -0.497 e. The van der Waals surface area contributed by atoms with Crippen molar-refractivity contribution in [2.24, 2.45) is 0 Å². The van der Waals surface area contributed by atoms with Crippen molar-refractivity contribution >= 4 is 17.5 Å². The number of rotatable bonds is 8. The van der Waals surface area contributed by atoms with Gasteiger partial charge in [-0.3, -0.25) is 14.5 Å². The quantitative estimate of drug-likeness (QED) is 0.700. The van der Waals surface area contributed by atoms with E-state index in [9.17, 15) is 9.59 Å². The van der Waals surface area contributed by atoms with Gasteiger partial charge in [-0.05, 0) is 43.4 Å². The van der Waals surface area contributed by atoms with Gasteiger partial charge in [0.25, 0.3) is 0 Å². The Kier molecular flexibility index (Phi) is 6.91. The van der Waals surface area contributed by atoms with Crippen molar-refractivity contribution in [2.75, 3.05) is 45.7 Å². The summed E-state index contributed by atoms with van der Waals surface area (Å²) in [6, 6.07) is 14.5. The normalized spacial score (nSPS) is 14.9. The molecule has 3 rings (SSSR count). The molecule has 0 fully saturated rings. The van der Waals surface area contributed by atoms with Gasteiger partial charge in [0.2, 0.25) is 11.8 Å². The summed E-state index contributed by atoms with van der Waals surface area (Å²) in [4.78, 5) is 25.9. The van der Waals surface area contributed by atoms with E-state index in [0.29, 0.717) is 36.1 Å². The van der Waals surface area contributed by atoms with Crippen LogP contribution in [-0.2, 0) is 9.59 Å². The number of carbonyl (C=O) groups excluding carboxylic acids is 2. The molecular formula is C21H25N3O5. The number of likely N-dealkylation sites (N-methyl/N-ethyl adjacent to an activating group) is 1. The fourth-order valence-corrected chi connectivity index (χ4v) is 2.87. The van der Waals surface area contributed by atoms with Gasteiger partial charge in [0.15, 0.2) is 11.5 Å². The second kappa shape index (κ2) is 9.79. The molecule has 0 spiro atoms. The van der Waals surface area contributed by atoms with Crippen LogP contribution in [0.4, 0.5) is 5.69 Å². The molecule has 0 saturated heterocycles. The number of benzene rings is 2. The Bertz CT molecular complexity index is 840. The maximum atomic E-state index is 12.2. The minimum atomic E-state index is -0.252. The molecule has 0 unspecified atom stereocenters. The summed E-state index contributed by atoms with van der Waals surface area (Å²) in [6.45, 7) is 0.895. The lowest BCUT2D eigenvalue weighted by atomic mass is 10.2. The molecule has 2 N–H and O–H groups in total. The number of nitrogens with zero attached hydrogens (tertiary/aromatic N) is 1. The van der Waals surface area contributed by atoms with Gasteiger partial charge in [-0.2, -0.15) is 0 Å². The van der Waals surface area contributed by atoms with Crippen molar-refractivity contribution < 1.29 is 23.8 Å². The van der Waals surface area contributed by atoms with E-state index in [2.05, 4.69) is 10.6 Å². The fraction of sp³-hybridized carbons (Fsp3) is 0.333. The molecule has 0 aromatic heterocycles. The molecule has 2 amide bonds. The van der Waals surface area contributed by atoms with Gasteiger partial charge < -0.3 is 24.8 Å².